The maximum atomic E-state index is 12.2. The van der Waals surface area contributed by atoms with Crippen LogP contribution >= 0.6 is 0 Å². The smallest absolute Gasteiger partial charge is 0.179 e. The fourth-order valence-electron chi connectivity index (χ4n) is 1.96. The Morgan fingerprint density at radius 2 is 1.63 bits per heavy atom. The second kappa shape index (κ2) is 7.44. The summed E-state index contributed by atoms with van der Waals surface area (Å²) in [6.07, 6.45) is 1.10. The van der Waals surface area contributed by atoms with Gasteiger partial charge in [0.15, 0.2) is 5.78 Å². The molecule has 0 saturated heterocycles. The highest BCUT2D eigenvalue weighted by Crippen LogP contribution is 2.15. The molecule has 1 aromatic carbocycles. The number of rotatable bonds is 7. The van der Waals surface area contributed by atoms with Crippen molar-refractivity contribution in [1.82, 2.24) is 5.32 Å². The largest absolute Gasteiger partial charge is 0.307 e. The summed E-state index contributed by atoms with van der Waals surface area (Å²) in [5.74, 6) is 1.35. The number of benzene rings is 1. The zero-order valence-electron chi connectivity index (χ0n) is 12.9. The van der Waals surface area contributed by atoms with E-state index in [9.17, 15) is 4.79 Å². The summed E-state index contributed by atoms with van der Waals surface area (Å²) < 4.78 is 0. The van der Waals surface area contributed by atoms with Crippen molar-refractivity contribution < 1.29 is 4.79 Å². The van der Waals surface area contributed by atoms with Crippen LogP contribution in [0.25, 0.3) is 0 Å². The minimum atomic E-state index is -0.108. The predicted molar refractivity (Wildman–Crippen MR) is 81.8 cm³/mol. The Morgan fingerprint density at radius 3 is 2.11 bits per heavy atom. The van der Waals surface area contributed by atoms with Gasteiger partial charge in [-0.1, -0.05) is 52.0 Å². The van der Waals surface area contributed by atoms with Gasteiger partial charge in [-0.15, -0.1) is 0 Å². The van der Waals surface area contributed by atoms with Crippen LogP contribution in [-0.4, -0.2) is 18.4 Å². The molecule has 1 rings (SSSR count). The van der Waals surface area contributed by atoms with Crippen molar-refractivity contribution >= 4 is 5.78 Å². The van der Waals surface area contributed by atoms with E-state index < -0.39 is 0 Å². The SMILES string of the molecule is CC(C)CCNC(C)C(=O)c1ccc(C(C)C)cc1. The predicted octanol–water partition coefficient (Wildman–Crippen LogP) is 4.02. The van der Waals surface area contributed by atoms with E-state index in [0.717, 1.165) is 18.5 Å². The first-order valence-electron chi connectivity index (χ1n) is 7.29. The summed E-state index contributed by atoms with van der Waals surface area (Å²) >= 11 is 0. The van der Waals surface area contributed by atoms with Crippen LogP contribution in [0.1, 0.15) is 62.9 Å². The lowest BCUT2D eigenvalue weighted by Crippen LogP contribution is -2.35. The number of carbonyl (C=O) groups excluding carboxylic acids is 1. The third-order valence-corrected chi connectivity index (χ3v) is 3.43. The quantitative estimate of drug-likeness (QED) is 0.751. The Bertz CT molecular complexity index is 392. The summed E-state index contributed by atoms with van der Waals surface area (Å²) in [6, 6.07) is 7.89. The normalized spacial score (nSPS) is 13.0. The van der Waals surface area contributed by atoms with E-state index in [1.807, 2.05) is 19.1 Å². The van der Waals surface area contributed by atoms with Crippen LogP contribution in [0, 0.1) is 5.92 Å². The molecule has 2 nitrogen and oxygen atoms in total. The van der Waals surface area contributed by atoms with Gasteiger partial charge in [0.2, 0.25) is 0 Å². The highest BCUT2D eigenvalue weighted by molar-refractivity contribution is 5.99. The van der Waals surface area contributed by atoms with Crippen molar-refractivity contribution in [2.45, 2.75) is 53.0 Å². The summed E-state index contributed by atoms with van der Waals surface area (Å²) in [4.78, 5) is 12.2. The van der Waals surface area contributed by atoms with Gasteiger partial charge in [-0.3, -0.25) is 4.79 Å². The van der Waals surface area contributed by atoms with E-state index in [-0.39, 0.29) is 11.8 Å². The van der Waals surface area contributed by atoms with Crippen molar-refractivity contribution in [1.29, 1.82) is 0 Å². The van der Waals surface area contributed by atoms with Gasteiger partial charge in [0.25, 0.3) is 0 Å². The molecule has 1 aromatic rings. The van der Waals surface area contributed by atoms with Gasteiger partial charge in [-0.2, -0.15) is 0 Å². The first-order chi connectivity index (χ1) is 8.91. The van der Waals surface area contributed by atoms with Crippen molar-refractivity contribution in [3.8, 4) is 0 Å². The highest BCUT2D eigenvalue weighted by Gasteiger charge is 2.14. The molecule has 0 fully saturated rings. The van der Waals surface area contributed by atoms with Crippen molar-refractivity contribution in [2.24, 2.45) is 5.92 Å². The molecule has 106 valence electrons. The van der Waals surface area contributed by atoms with Crippen molar-refractivity contribution in [3.05, 3.63) is 35.4 Å². The molecule has 0 aromatic heterocycles. The number of hydrogen-bond donors (Lipinski definition) is 1. The number of hydrogen-bond acceptors (Lipinski definition) is 2. The Morgan fingerprint density at radius 1 is 1.05 bits per heavy atom. The van der Waals surface area contributed by atoms with E-state index in [1.54, 1.807) is 0 Å². The molecule has 0 aliphatic carbocycles. The number of carbonyl (C=O) groups is 1. The number of nitrogens with one attached hydrogen (secondary N) is 1. The molecular weight excluding hydrogens is 234 g/mol. The number of Topliss-reactive ketones (excluding diaryl/α,β-unsaturated/α-hetero) is 1. The second-order valence-electron chi connectivity index (χ2n) is 6.00. The van der Waals surface area contributed by atoms with Gasteiger partial charge in [-0.05, 0) is 37.3 Å². The minimum Gasteiger partial charge on any atom is -0.307 e. The Hall–Kier alpha value is -1.15. The van der Waals surface area contributed by atoms with Crippen LogP contribution in [0.3, 0.4) is 0 Å². The second-order valence-corrected chi connectivity index (χ2v) is 6.00. The molecule has 0 amide bonds. The lowest BCUT2D eigenvalue weighted by molar-refractivity contribution is 0.0950. The van der Waals surface area contributed by atoms with Crippen LogP contribution < -0.4 is 5.32 Å². The Kier molecular flexibility index (Phi) is 6.23. The standard InChI is InChI=1S/C17H27NO/c1-12(2)10-11-18-14(5)17(19)16-8-6-15(7-9-16)13(3)4/h6-9,12-14,18H,10-11H2,1-5H3. The minimum absolute atomic E-state index is 0.108. The molecule has 2 heteroatoms. The van der Waals surface area contributed by atoms with Gasteiger partial charge in [-0.25, -0.2) is 0 Å². The molecule has 19 heavy (non-hydrogen) atoms. The van der Waals surface area contributed by atoms with Crippen molar-refractivity contribution in [3.63, 3.8) is 0 Å². The Labute approximate surface area is 117 Å². The molecule has 0 aliphatic heterocycles. The average Bonchev–Trinajstić information content (AvgIpc) is 2.37. The highest BCUT2D eigenvalue weighted by atomic mass is 16.1. The fraction of sp³-hybridized carbons (Fsp3) is 0.588. The zero-order valence-corrected chi connectivity index (χ0v) is 12.9. The molecule has 0 radical (unpaired) electrons. The summed E-state index contributed by atoms with van der Waals surface area (Å²) in [5.41, 5.74) is 2.07. The van der Waals surface area contributed by atoms with Crippen LogP contribution in [0.15, 0.2) is 24.3 Å². The molecule has 0 heterocycles. The first-order valence-corrected chi connectivity index (χ1v) is 7.29. The summed E-state index contributed by atoms with van der Waals surface area (Å²) in [6.45, 7) is 11.5. The number of ketones is 1. The average molecular weight is 261 g/mol. The summed E-state index contributed by atoms with van der Waals surface area (Å²) in [5, 5.41) is 3.30. The van der Waals surface area contributed by atoms with Crippen LogP contribution in [-0.2, 0) is 0 Å². The van der Waals surface area contributed by atoms with Crippen molar-refractivity contribution in [2.75, 3.05) is 6.54 Å². The van der Waals surface area contributed by atoms with Crippen LogP contribution in [0.2, 0.25) is 0 Å². The van der Waals surface area contributed by atoms with Crippen LogP contribution in [0.4, 0.5) is 0 Å². The van der Waals surface area contributed by atoms with Gasteiger partial charge in [0.1, 0.15) is 0 Å². The molecule has 1 N–H and O–H groups in total. The maximum Gasteiger partial charge on any atom is 0.179 e. The third-order valence-electron chi connectivity index (χ3n) is 3.43. The molecule has 1 atom stereocenters. The Balaban J connectivity index is 2.56. The zero-order chi connectivity index (χ0) is 14.4. The van der Waals surface area contributed by atoms with E-state index in [2.05, 4.69) is 45.1 Å². The molecule has 0 spiro atoms. The topological polar surface area (TPSA) is 29.1 Å². The molecule has 0 saturated carbocycles. The molecule has 0 bridgehead atoms. The van der Waals surface area contributed by atoms with Gasteiger partial charge in [0.05, 0.1) is 6.04 Å². The van der Waals surface area contributed by atoms with E-state index >= 15 is 0 Å². The lowest BCUT2D eigenvalue weighted by atomic mass is 9.98. The molecule has 0 aliphatic rings. The molecule has 1 unspecified atom stereocenters. The van der Waals surface area contributed by atoms with E-state index in [4.69, 9.17) is 0 Å². The molecular formula is C17H27NO. The van der Waals surface area contributed by atoms with Gasteiger partial charge >= 0.3 is 0 Å². The lowest BCUT2D eigenvalue weighted by Gasteiger charge is -2.14. The monoisotopic (exact) mass is 261 g/mol. The van der Waals surface area contributed by atoms with E-state index in [0.29, 0.717) is 11.8 Å². The fourth-order valence-corrected chi connectivity index (χ4v) is 1.96. The van der Waals surface area contributed by atoms with Crippen LogP contribution in [0.5, 0.6) is 0 Å². The third kappa shape index (κ3) is 5.15. The van der Waals surface area contributed by atoms with Gasteiger partial charge in [0, 0.05) is 5.56 Å². The maximum absolute atomic E-state index is 12.2. The summed E-state index contributed by atoms with van der Waals surface area (Å²) in [7, 11) is 0. The van der Waals surface area contributed by atoms with E-state index in [1.165, 1.54) is 5.56 Å². The van der Waals surface area contributed by atoms with Gasteiger partial charge < -0.3 is 5.32 Å². The first kappa shape index (κ1) is 15.9.